The van der Waals surface area contributed by atoms with Crippen LogP contribution in [0.3, 0.4) is 0 Å². The summed E-state index contributed by atoms with van der Waals surface area (Å²) in [6.45, 7) is 0.572. The van der Waals surface area contributed by atoms with Gasteiger partial charge in [-0.2, -0.15) is 0 Å². The highest BCUT2D eigenvalue weighted by atomic mass is 32.2. The Hall–Kier alpha value is -2.81. The lowest BCUT2D eigenvalue weighted by atomic mass is 10.2. The maximum absolute atomic E-state index is 13.7. The smallest absolute Gasteiger partial charge is 0.262 e. The van der Waals surface area contributed by atoms with E-state index >= 15 is 0 Å². The highest BCUT2D eigenvalue weighted by molar-refractivity contribution is 7.90. The zero-order valence-corrected chi connectivity index (χ0v) is 15.7. The zero-order valence-electron chi connectivity index (χ0n) is 14.9. The number of sulfonamides is 1. The van der Waals surface area contributed by atoms with Crippen molar-refractivity contribution in [3.05, 3.63) is 59.7 Å². The topological polar surface area (TPSA) is 87.6 Å². The van der Waals surface area contributed by atoms with Crippen molar-refractivity contribution >= 4 is 27.5 Å². The van der Waals surface area contributed by atoms with E-state index in [1.807, 2.05) is 0 Å². The Labute approximate surface area is 161 Å². The summed E-state index contributed by atoms with van der Waals surface area (Å²) in [6, 6.07) is 8.52. The minimum atomic E-state index is -3.90. The van der Waals surface area contributed by atoms with Gasteiger partial charge >= 0.3 is 0 Å². The van der Waals surface area contributed by atoms with E-state index in [4.69, 9.17) is 0 Å². The highest BCUT2D eigenvalue weighted by Gasteiger charge is 2.20. The Morgan fingerprint density at radius 3 is 2.46 bits per heavy atom. The molecule has 1 amide bonds. The molecule has 2 aromatic carbocycles. The molecule has 0 saturated heterocycles. The van der Waals surface area contributed by atoms with Gasteiger partial charge < -0.3 is 5.32 Å². The fourth-order valence-electron chi connectivity index (χ4n) is 2.82. The number of benzene rings is 2. The molecule has 2 aromatic rings. The van der Waals surface area contributed by atoms with Crippen LogP contribution in [-0.2, 0) is 10.0 Å². The van der Waals surface area contributed by atoms with Crippen LogP contribution in [0.15, 0.2) is 52.4 Å². The monoisotopic (exact) mass is 407 g/mol. The highest BCUT2D eigenvalue weighted by Crippen LogP contribution is 2.19. The summed E-state index contributed by atoms with van der Waals surface area (Å²) in [7, 11) is -3.90. The van der Waals surface area contributed by atoms with Crippen molar-refractivity contribution < 1.29 is 22.0 Å². The van der Waals surface area contributed by atoms with Gasteiger partial charge in [0, 0.05) is 18.7 Å². The maximum atomic E-state index is 13.7. The molecule has 148 valence electrons. The van der Waals surface area contributed by atoms with Crippen LogP contribution in [0.25, 0.3) is 0 Å². The fraction of sp³-hybridized carbons (Fsp3) is 0.263. The number of carbonyl (C=O) groups excluding carboxylic acids is 1. The first-order valence-corrected chi connectivity index (χ1v) is 10.3. The molecule has 3 rings (SSSR count). The van der Waals surface area contributed by atoms with Gasteiger partial charge in [-0.3, -0.25) is 14.5 Å². The summed E-state index contributed by atoms with van der Waals surface area (Å²) in [5, 5.41) is 2.32. The van der Waals surface area contributed by atoms with Gasteiger partial charge in [-0.1, -0.05) is 18.6 Å². The summed E-state index contributed by atoms with van der Waals surface area (Å²) < 4.78 is 55.2. The second-order valence-electron chi connectivity index (χ2n) is 6.32. The summed E-state index contributed by atoms with van der Waals surface area (Å²) in [6.07, 6.45) is 3.30. The van der Waals surface area contributed by atoms with E-state index in [9.17, 15) is 22.0 Å². The molecule has 0 saturated carbocycles. The summed E-state index contributed by atoms with van der Waals surface area (Å²) in [4.78, 5) is 16.3. The van der Waals surface area contributed by atoms with Crippen LogP contribution in [0.2, 0.25) is 0 Å². The van der Waals surface area contributed by atoms with Crippen LogP contribution < -0.4 is 10.0 Å². The molecule has 0 radical (unpaired) electrons. The molecule has 0 bridgehead atoms. The van der Waals surface area contributed by atoms with Gasteiger partial charge in [0.15, 0.2) is 0 Å². The minimum absolute atomic E-state index is 0.0914. The molecule has 1 heterocycles. The lowest BCUT2D eigenvalue weighted by molar-refractivity contribution is 0.101. The molecule has 28 heavy (non-hydrogen) atoms. The van der Waals surface area contributed by atoms with E-state index in [1.54, 1.807) is 0 Å². The van der Waals surface area contributed by atoms with Crippen molar-refractivity contribution in [2.24, 2.45) is 4.99 Å². The number of carbonyl (C=O) groups is 1. The number of amides is 1. The van der Waals surface area contributed by atoms with Gasteiger partial charge in [-0.15, -0.1) is 0 Å². The Balaban J connectivity index is 1.80. The SMILES string of the molecule is O=C(Nc1cccc(S(=O)(=O)NC2=NCCCCC2)c1)c1c(F)cccc1F. The number of hydrogen-bond donors (Lipinski definition) is 2. The van der Waals surface area contributed by atoms with Crippen molar-refractivity contribution in [3.63, 3.8) is 0 Å². The standard InChI is InChI=1S/C19H19F2N3O3S/c20-15-8-5-9-16(21)18(15)19(25)23-13-6-4-7-14(12-13)28(26,27)24-17-10-2-1-3-11-22-17/h4-9,12H,1-3,10-11H2,(H,22,24)(H,23,25). The van der Waals surface area contributed by atoms with E-state index in [1.165, 1.54) is 24.3 Å². The van der Waals surface area contributed by atoms with Crippen LogP contribution in [0, 0.1) is 11.6 Å². The lowest BCUT2D eigenvalue weighted by Crippen LogP contribution is -2.30. The van der Waals surface area contributed by atoms with Crippen molar-refractivity contribution in [2.45, 2.75) is 30.6 Å². The summed E-state index contributed by atoms with van der Waals surface area (Å²) >= 11 is 0. The third-order valence-corrected chi connectivity index (χ3v) is 5.60. The number of hydrogen-bond acceptors (Lipinski definition) is 4. The molecular formula is C19H19F2N3O3S. The minimum Gasteiger partial charge on any atom is -0.322 e. The molecule has 0 aromatic heterocycles. The van der Waals surface area contributed by atoms with Gasteiger partial charge in [0.1, 0.15) is 23.0 Å². The number of halogens is 2. The Bertz CT molecular complexity index is 1000. The first-order valence-electron chi connectivity index (χ1n) is 8.78. The van der Waals surface area contributed by atoms with E-state index in [0.717, 1.165) is 37.5 Å². The summed E-state index contributed by atoms with van der Waals surface area (Å²) in [5.74, 6) is -2.62. The first kappa shape index (κ1) is 19.9. The molecule has 1 aliphatic rings. The Morgan fingerprint density at radius 1 is 1.00 bits per heavy atom. The number of anilines is 1. The van der Waals surface area contributed by atoms with Crippen LogP contribution in [-0.4, -0.2) is 26.7 Å². The maximum Gasteiger partial charge on any atom is 0.262 e. The number of nitrogens with one attached hydrogen (secondary N) is 2. The van der Waals surface area contributed by atoms with Crippen LogP contribution in [0.4, 0.5) is 14.5 Å². The normalized spacial score (nSPS) is 14.7. The van der Waals surface area contributed by atoms with E-state index in [0.29, 0.717) is 18.8 Å². The largest absolute Gasteiger partial charge is 0.322 e. The zero-order chi connectivity index (χ0) is 20.1. The molecule has 0 atom stereocenters. The Morgan fingerprint density at radius 2 is 1.71 bits per heavy atom. The average molecular weight is 407 g/mol. The molecule has 2 N–H and O–H groups in total. The number of rotatable bonds is 4. The van der Waals surface area contributed by atoms with Gasteiger partial charge in [0.25, 0.3) is 15.9 Å². The molecular weight excluding hydrogens is 388 g/mol. The summed E-state index contributed by atoms with van der Waals surface area (Å²) in [5.41, 5.74) is -0.639. The lowest BCUT2D eigenvalue weighted by Gasteiger charge is -2.12. The number of amidine groups is 1. The van der Waals surface area contributed by atoms with Crippen molar-refractivity contribution in [2.75, 3.05) is 11.9 Å². The van der Waals surface area contributed by atoms with E-state index in [-0.39, 0.29) is 10.6 Å². The van der Waals surface area contributed by atoms with Gasteiger partial charge in [0.05, 0.1) is 4.90 Å². The molecule has 9 heteroatoms. The third-order valence-electron chi connectivity index (χ3n) is 4.22. The Kier molecular flexibility index (Phi) is 6.03. The number of aliphatic imine (C=N–C) groups is 1. The van der Waals surface area contributed by atoms with Crippen LogP contribution in [0.1, 0.15) is 36.0 Å². The first-order chi connectivity index (χ1) is 13.4. The van der Waals surface area contributed by atoms with Crippen molar-refractivity contribution in [1.29, 1.82) is 0 Å². The second-order valence-corrected chi connectivity index (χ2v) is 8.01. The van der Waals surface area contributed by atoms with Gasteiger partial charge in [-0.05, 0) is 43.2 Å². The van der Waals surface area contributed by atoms with Crippen molar-refractivity contribution in [3.8, 4) is 0 Å². The average Bonchev–Trinajstić information content (AvgIpc) is 2.90. The molecule has 0 aliphatic carbocycles. The predicted molar refractivity (Wildman–Crippen MR) is 102 cm³/mol. The molecule has 6 nitrogen and oxygen atoms in total. The number of nitrogens with zero attached hydrogens (tertiary/aromatic N) is 1. The van der Waals surface area contributed by atoms with E-state index < -0.39 is 33.1 Å². The van der Waals surface area contributed by atoms with Gasteiger partial charge in [-0.25, -0.2) is 17.2 Å². The van der Waals surface area contributed by atoms with Crippen molar-refractivity contribution in [1.82, 2.24) is 4.72 Å². The fourth-order valence-corrected chi connectivity index (χ4v) is 3.96. The van der Waals surface area contributed by atoms with Crippen LogP contribution >= 0.6 is 0 Å². The van der Waals surface area contributed by atoms with E-state index in [2.05, 4.69) is 15.0 Å². The molecule has 1 aliphatic heterocycles. The molecule has 0 unspecified atom stereocenters. The predicted octanol–water partition coefficient (Wildman–Crippen LogP) is 3.47. The molecule has 0 spiro atoms. The molecule has 0 fully saturated rings. The third kappa shape index (κ3) is 4.72. The van der Waals surface area contributed by atoms with Crippen LogP contribution in [0.5, 0.6) is 0 Å². The quantitative estimate of drug-likeness (QED) is 0.814. The second kappa shape index (κ2) is 8.47. The van der Waals surface area contributed by atoms with Gasteiger partial charge in [0.2, 0.25) is 0 Å².